The van der Waals surface area contributed by atoms with E-state index < -0.39 is 0 Å². The van der Waals surface area contributed by atoms with Crippen LogP contribution in [0.1, 0.15) is 32.1 Å². The van der Waals surface area contributed by atoms with Crippen LogP contribution in [0.5, 0.6) is 0 Å². The number of benzene rings is 1. The van der Waals surface area contributed by atoms with Crippen molar-refractivity contribution >= 4 is 23.4 Å². The van der Waals surface area contributed by atoms with Crippen molar-refractivity contribution in [3.05, 3.63) is 35.9 Å². The van der Waals surface area contributed by atoms with Gasteiger partial charge in [0.05, 0.1) is 5.75 Å². The number of rotatable bonds is 6. The number of anilines is 1. The molecular formula is C16H22N2OS. The summed E-state index contributed by atoms with van der Waals surface area (Å²) < 4.78 is 0. The van der Waals surface area contributed by atoms with E-state index >= 15 is 0 Å². The van der Waals surface area contributed by atoms with E-state index in [0.717, 1.165) is 23.5 Å². The minimum absolute atomic E-state index is 0.0784. The lowest BCUT2D eigenvalue weighted by molar-refractivity contribution is -0.118. The highest BCUT2D eigenvalue weighted by Crippen LogP contribution is 2.24. The second-order valence-corrected chi connectivity index (χ2v) is 6.05. The molecule has 4 heteroatoms. The summed E-state index contributed by atoms with van der Waals surface area (Å²) in [6.07, 6.45) is 8.32. The molecule has 0 radical (unpaired) electrons. The van der Waals surface area contributed by atoms with Crippen LogP contribution in [0.25, 0.3) is 0 Å². The fraction of sp³-hybridized carbons (Fsp3) is 0.438. The summed E-state index contributed by atoms with van der Waals surface area (Å²) in [5.41, 5.74) is 8.08. The number of allylic oxidation sites excluding steroid dienone is 1. The molecule has 20 heavy (non-hydrogen) atoms. The van der Waals surface area contributed by atoms with Crippen LogP contribution < -0.4 is 11.1 Å². The Balaban J connectivity index is 1.65. The lowest BCUT2D eigenvalue weighted by Crippen LogP contribution is -2.26. The minimum Gasteiger partial charge on any atom is -0.398 e. The first-order chi connectivity index (χ1) is 9.75. The molecule has 0 bridgehead atoms. The fourth-order valence-corrected chi connectivity index (χ4v) is 3.10. The van der Waals surface area contributed by atoms with Crippen LogP contribution >= 0.6 is 11.8 Å². The second-order valence-electron chi connectivity index (χ2n) is 5.03. The van der Waals surface area contributed by atoms with E-state index in [0.29, 0.717) is 5.75 Å². The molecule has 1 aromatic carbocycles. The number of thioether (sulfide) groups is 1. The van der Waals surface area contributed by atoms with Crippen LogP contribution in [-0.4, -0.2) is 18.2 Å². The Morgan fingerprint density at radius 1 is 1.30 bits per heavy atom. The van der Waals surface area contributed by atoms with E-state index in [9.17, 15) is 4.79 Å². The molecule has 2 rings (SSSR count). The van der Waals surface area contributed by atoms with Crippen molar-refractivity contribution in [1.82, 2.24) is 5.32 Å². The number of nitrogens with two attached hydrogens (primary N) is 1. The van der Waals surface area contributed by atoms with Crippen LogP contribution in [-0.2, 0) is 4.79 Å². The summed E-state index contributed by atoms with van der Waals surface area (Å²) in [6, 6.07) is 7.64. The molecule has 0 atom stereocenters. The topological polar surface area (TPSA) is 55.1 Å². The molecule has 1 aromatic rings. The maximum atomic E-state index is 11.8. The number of amides is 1. The Morgan fingerprint density at radius 3 is 2.90 bits per heavy atom. The maximum Gasteiger partial charge on any atom is 0.230 e. The monoisotopic (exact) mass is 290 g/mol. The van der Waals surface area contributed by atoms with Crippen molar-refractivity contribution in [3.63, 3.8) is 0 Å². The lowest BCUT2D eigenvalue weighted by atomic mass is 9.97. The zero-order valence-corrected chi connectivity index (χ0v) is 12.5. The van der Waals surface area contributed by atoms with Crippen LogP contribution in [0, 0.1) is 0 Å². The molecule has 0 heterocycles. The molecule has 1 aliphatic carbocycles. The summed E-state index contributed by atoms with van der Waals surface area (Å²) in [7, 11) is 0. The summed E-state index contributed by atoms with van der Waals surface area (Å²) in [5.74, 6) is 0.502. The number of carbonyl (C=O) groups excluding carboxylic acids is 1. The van der Waals surface area contributed by atoms with E-state index in [1.807, 2.05) is 24.3 Å². The van der Waals surface area contributed by atoms with Crippen LogP contribution in [0.15, 0.2) is 40.8 Å². The van der Waals surface area contributed by atoms with E-state index in [4.69, 9.17) is 5.73 Å². The zero-order valence-electron chi connectivity index (χ0n) is 11.7. The molecule has 0 aromatic heterocycles. The second kappa shape index (κ2) is 8.00. The van der Waals surface area contributed by atoms with E-state index in [2.05, 4.69) is 11.4 Å². The van der Waals surface area contributed by atoms with Gasteiger partial charge in [0.2, 0.25) is 5.91 Å². The first-order valence-corrected chi connectivity index (χ1v) is 8.16. The summed E-state index contributed by atoms with van der Waals surface area (Å²) in [4.78, 5) is 12.7. The molecule has 0 saturated carbocycles. The smallest absolute Gasteiger partial charge is 0.230 e. The van der Waals surface area contributed by atoms with Gasteiger partial charge in [-0.25, -0.2) is 0 Å². The van der Waals surface area contributed by atoms with Crippen molar-refractivity contribution in [2.45, 2.75) is 37.0 Å². The average molecular weight is 290 g/mol. The van der Waals surface area contributed by atoms with Crippen molar-refractivity contribution in [3.8, 4) is 0 Å². The van der Waals surface area contributed by atoms with Gasteiger partial charge in [-0.3, -0.25) is 4.79 Å². The summed E-state index contributed by atoms with van der Waals surface area (Å²) in [5, 5.41) is 2.98. The van der Waals surface area contributed by atoms with Gasteiger partial charge in [0.1, 0.15) is 0 Å². The lowest BCUT2D eigenvalue weighted by Gasteiger charge is -2.13. The number of para-hydroxylation sites is 1. The van der Waals surface area contributed by atoms with E-state index in [1.54, 1.807) is 0 Å². The van der Waals surface area contributed by atoms with Gasteiger partial charge in [-0.2, -0.15) is 0 Å². The molecule has 1 amide bonds. The molecule has 0 saturated heterocycles. The summed E-state index contributed by atoms with van der Waals surface area (Å²) in [6.45, 7) is 0.746. The van der Waals surface area contributed by atoms with Gasteiger partial charge in [-0.05, 0) is 44.2 Å². The largest absolute Gasteiger partial charge is 0.398 e. The SMILES string of the molecule is Nc1ccccc1SCC(=O)NCCC1=CCCCC1. The minimum atomic E-state index is 0.0784. The van der Waals surface area contributed by atoms with Crippen LogP contribution in [0.2, 0.25) is 0 Å². The molecule has 3 N–H and O–H groups in total. The highest BCUT2D eigenvalue weighted by atomic mass is 32.2. The predicted molar refractivity (Wildman–Crippen MR) is 85.8 cm³/mol. The first kappa shape index (κ1) is 15.0. The molecule has 0 spiro atoms. The Bertz CT molecular complexity index is 485. The number of carbonyl (C=O) groups is 1. The van der Waals surface area contributed by atoms with Gasteiger partial charge in [-0.1, -0.05) is 23.8 Å². The predicted octanol–water partition coefficient (Wildman–Crippen LogP) is 3.37. The van der Waals surface area contributed by atoms with Crippen molar-refractivity contribution in [1.29, 1.82) is 0 Å². The molecule has 0 fully saturated rings. The quantitative estimate of drug-likeness (QED) is 0.480. The molecule has 0 unspecified atom stereocenters. The number of hydrogen-bond donors (Lipinski definition) is 2. The Labute approximate surface area is 125 Å². The Morgan fingerprint density at radius 2 is 2.15 bits per heavy atom. The third kappa shape index (κ3) is 4.93. The Hall–Kier alpha value is -1.42. The molecule has 1 aliphatic rings. The molecule has 3 nitrogen and oxygen atoms in total. The summed E-state index contributed by atoms with van der Waals surface area (Å²) >= 11 is 1.49. The molecule has 108 valence electrons. The number of nitrogens with one attached hydrogen (secondary N) is 1. The average Bonchev–Trinajstić information content (AvgIpc) is 2.47. The standard InChI is InChI=1S/C16H22N2OS/c17-14-8-4-5-9-15(14)20-12-16(19)18-11-10-13-6-2-1-3-7-13/h4-6,8-9H,1-3,7,10-12,17H2,(H,18,19). The van der Waals surface area contributed by atoms with E-state index in [-0.39, 0.29) is 5.91 Å². The van der Waals surface area contributed by atoms with Crippen molar-refractivity contribution < 1.29 is 4.79 Å². The maximum absolute atomic E-state index is 11.8. The van der Waals surface area contributed by atoms with Crippen molar-refractivity contribution in [2.75, 3.05) is 18.0 Å². The fourth-order valence-electron chi connectivity index (χ4n) is 2.30. The molecular weight excluding hydrogens is 268 g/mol. The van der Waals surface area contributed by atoms with Gasteiger partial charge in [0.25, 0.3) is 0 Å². The zero-order chi connectivity index (χ0) is 14.2. The van der Waals surface area contributed by atoms with E-state index in [1.165, 1.54) is 43.0 Å². The highest BCUT2D eigenvalue weighted by Gasteiger charge is 2.06. The van der Waals surface area contributed by atoms with Crippen molar-refractivity contribution in [2.24, 2.45) is 0 Å². The van der Waals surface area contributed by atoms with Gasteiger partial charge in [-0.15, -0.1) is 11.8 Å². The highest BCUT2D eigenvalue weighted by molar-refractivity contribution is 8.00. The number of nitrogen functional groups attached to an aromatic ring is 1. The molecule has 0 aliphatic heterocycles. The first-order valence-electron chi connectivity index (χ1n) is 7.17. The van der Waals surface area contributed by atoms with Gasteiger partial charge >= 0.3 is 0 Å². The number of hydrogen-bond acceptors (Lipinski definition) is 3. The van der Waals surface area contributed by atoms with Gasteiger partial charge in [0, 0.05) is 17.1 Å². The van der Waals surface area contributed by atoms with Crippen LogP contribution in [0.4, 0.5) is 5.69 Å². The Kier molecular flexibility index (Phi) is 5.99. The van der Waals surface area contributed by atoms with Gasteiger partial charge < -0.3 is 11.1 Å². The van der Waals surface area contributed by atoms with Crippen LogP contribution in [0.3, 0.4) is 0 Å². The normalized spacial score (nSPS) is 14.7. The van der Waals surface area contributed by atoms with Gasteiger partial charge in [0.15, 0.2) is 0 Å². The third-order valence-corrected chi connectivity index (χ3v) is 4.52. The third-order valence-electron chi connectivity index (χ3n) is 3.43.